The van der Waals surface area contributed by atoms with E-state index >= 15 is 0 Å². The number of amides is 1. The van der Waals surface area contributed by atoms with E-state index in [9.17, 15) is 9.90 Å². The molecule has 1 amide bonds. The molecular formula is C17H19NO2. The second kappa shape index (κ2) is 5.78. The van der Waals surface area contributed by atoms with E-state index in [1.165, 1.54) is 0 Å². The molecule has 104 valence electrons. The Morgan fingerprint density at radius 1 is 1.05 bits per heavy atom. The quantitative estimate of drug-likeness (QED) is 0.833. The van der Waals surface area contributed by atoms with Crippen molar-refractivity contribution in [3.05, 3.63) is 60.2 Å². The number of anilines is 1. The summed E-state index contributed by atoms with van der Waals surface area (Å²) in [4.78, 5) is 12.4. The first-order valence-corrected chi connectivity index (χ1v) is 6.62. The first-order valence-electron chi connectivity index (χ1n) is 6.62. The zero-order chi connectivity index (χ0) is 14.6. The van der Waals surface area contributed by atoms with E-state index < -0.39 is 5.41 Å². The average molecular weight is 269 g/mol. The summed E-state index contributed by atoms with van der Waals surface area (Å²) in [5.41, 5.74) is 1.01. The fourth-order valence-corrected chi connectivity index (χ4v) is 2.06. The lowest BCUT2D eigenvalue weighted by Crippen LogP contribution is -2.32. The maximum Gasteiger partial charge on any atom is 0.230 e. The fraction of sp³-hybridized carbons (Fsp3) is 0.235. The fourth-order valence-electron chi connectivity index (χ4n) is 2.06. The van der Waals surface area contributed by atoms with Gasteiger partial charge < -0.3 is 10.4 Å². The Hall–Kier alpha value is -2.29. The number of aromatic hydroxyl groups is 1. The van der Waals surface area contributed by atoms with Crippen molar-refractivity contribution in [1.82, 2.24) is 0 Å². The molecule has 20 heavy (non-hydrogen) atoms. The Balaban J connectivity index is 2.10. The Bertz CT molecular complexity index is 591. The van der Waals surface area contributed by atoms with Crippen LogP contribution in [0.1, 0.15) is 19.4 Å². The number of benzene rings is 2. The van der Waals surface area contributed by atoms with Crippen molar-refractivity contribution in [3.63, 3.8) is 0 Å². The van der Waals surface area contributed by atoms with Crippen molar-refractivity contribution in [2.24, 2.45) is 5.41 Å². The molecule has 0 bridgehead atoms. The molecule has 0 atom stereocenters. The first-order chi connectivity index (χ1) is 9.49. The molecule has 0 spiro atoms. The van der Waals surface area contributed by atoms with Gasteiger partial charge in [0.15, 0.2) is 0 Å². The number of rotatable bonds is 4. The summed E-state index contributed by atoms with van der Waals surface area (Å²) in [5, 5.41) is 12.5. The molecule has 3 heteroatoms. The summed E-state index contributed by atoms with van der Waals surface area (Å²) in [6, 6.07) is 16.6. The molecule has 0 fully saturated rings. The number of carbonyl (C=O) groups excluding carboxylic acids is 1. The molecule has 2 aromatic carbocycles. The highest BCUT2D eigenvalue weighted by atomic mass is 16.3. The lowest BCUT2D eigenvalue weighted by atomic mass is 9.84. The molecule has 2 aromatic rings. The molecular weight excluding hydrogens is 250 g/mol. The van der Waals surface area contributed by atoms with Crippen LogP contribution in [0.5, 0.6) is 5.75 Å². The third-order valence-electron chi connectivity index (χ3n) is 3.26. The number of phenolic OH excluding ortho intramolecular Hbond substituents is 1. The Labute approximate surface area is 119 Å². The molecule has 0 heterocycles. The summed E-state index contributed by atoms with van der Waals surface area (Å²) in [5.74, 6) is -0.0285. The van der Waals surface area contributed by atoms with Gasteiger partial charge in [0, 0.05) is 5.41 Å². The highest BCUT2D eigenvalue weighted by Crippen LogP contribution is 2.27. The van der Waals surface area contributed by atoms with Crippen LogP contribution >= 0.6 is 0 Å². The summed E-state index contributed by atoms with van der Waals surface area (Å²) >= 11 is 0. The van der Waals surface area contributed by atoms with Gasteiger partial charge in [0.2, 0.25) is 5.91 Å². The number of nitrogens with one attached hydrogen (secondary N) is 1. The number of carbonyl (C=O) groups is 1. The lowest BCUT2D eigenvalue weighted by Gasteiger charge is -2.24. The maximum absolute atomic E-state index is 12.4. The third-order valence-corrected chi connectivity index (χ3v) is 3.26. The second-order valence-electron chi connectivity index (χ2n) is 5.52. The molecule has 0 saturated heterocycles. The van der Waals surface area contributed by atoms with Crippen LogP contribution in [0.3, 0.4) is 0 Å². The van der Waals surface area contributed by atoms with Crippen molar-refractivity contribution in [2.45, 2.75) is 20.3 Å². The predicted molar refractivity (Wildman–Crippen MR) is 80.7 cm³/mol. The Morgan fingerprint density at radius 2 is 1.65 bits per heavy atom. The molecule has 0 unspecified atom stereocenters. The van der Waals surface area contributed by atoms with Gasteiger partial charge in [0.05, 0.1) is 5.69 Å². The molecule has 0 aromatic heterocycles. The van der Waals surface area contributed by atoms with E-state index in [2.05, 4.69) is 5.32 Å². The van der Waals surface area contributed by atoms with E-state index in [4.69, 9.17) is 0 Å². The molecule has 0 aliphatic heterocycles. The van der Waals surface area contributed by atoms with Crippen LogP contribution in [0.4, 0.5) is 5.69 Å². The van der Waals surface area contributed by atoms with Gasteiger partial charge in [-0.1, -0.05) is 56.3 Å². The summed E-state index contributed by atoms with van der Waals surface area (Å²) in [7, 11) is 0. The zero-order valence-electron chi connectivity index (χ0n) is 11.8. The first kappa shape index (κ1) is 14.1. The number of para-hydroxylation sites is 2. The highest BCUT2D eigenvalue weighted by Gasteiger charge is 2.28. The van der Waals surface area contributed by atoms with Crippen molar-refractivity contribution in [2.75, 3.05) is 5.32 Å². The smallest absolute Gasteiger partial charge is 0.230 e. The van der Waals surface area contributed by atoms with Gasteiger partial charge in [-0.15, -0.1) is 0 Å². The van der Waals surface area contributed by atoms with Crippen molar-refractivity contribution in [3.8, 4) is 5.75 Å². The summed E-state index contributed by atoms with van der Waals surface area (Å²) in [6.07, 6.45) is 0.646. The summed E-state index contributed by atoms with van der Waals surface area (Å²) < 4.78 is 0. The zero-order valence-corrected chi connectivity index (χ0v) is 11.8. The topological polar surface area (TPSA) is 49.3 Å². The van der Waals surface area contributed by atoms with E-state index in [0.29, 0.717) is 12.1 Å². The minimum Gasteiger partial charge on any atom is -0.506 e. The second-order valence-corrected chi connectivity index (χ2v) is 5.52. The van der Waals surface area contributed by atoms with Gasteiger partial charge >= 0.3 is 0 Å². The number of hydrogen-bond donors (Lipinski definition) is 2. The minimum absolute atomic E-state index is 0.0800. The molecule has 0 saturated carbocycles. The monoisotopic (exact) mass is 269 g/mol. The molecule has 2 N–H and O–H groups in total. The van der Waals surface area contributed by atoms with Gasteiger partial charge in [0.1, 0.15) is 5.75 Å². The third kappa shape index (κ3) is 3.38. The molecule has 0 aliphatic rings. The van der Waals surface area contributed by atoms with E-state index in [1.807, 2.05) is 44.2 Å². The highest BCUT2D eigenvalue weighted by molar-refractivity contribution is 5.96. The van der Waals surface area contributed by atoms with E-state index in [1.54, 1.807) is 24.3 Å². The van der Waals surface area contributed by atoms with Crippen molar-refractivity contribution in [1.29, 1.82) is 0 Å². The SMILES string of the molecule is CC(C)(Cc1ccccc1)C(=O)Nc1ccccc1O. The molecule has 0 aliphatic carbocycles. The average Bonchev–Trinajstić information content (AvgIpc) is 2.42. The van der Waals surface area contributed by atoms with Crippen LogP contribution in [0.15, 0.2) is 54.6 Å². The normalized spacial score (nSPS) is 11.1. The van der Waals surface area contributed by atoms with Crippen molar-refractivity contribution < 1.29 is 9.90 Å². The molecule has 2 rings (SSSR count). The van der Waals surface area contributed by atoms with E-state index in [0.717, 1.165) is 5.56 Å². The number of phenols is 1. The van der Waals surface area contributed by atoms with Crippen LogP contribution < -0.4 is 5.32 Å². The molecule has 0 radical (unpaired) electrons. The standard InChI is InChI=1S/C17H19NO2/c1-17(2,12-13-8-4-3-5-9-13)16(20)18-14-10-6-7-11-15(14)19/h3-11,19H,12H2,1-2H3,(H,18,20). The predicted octanol–water partition coefficient (Wildman–Crippen LogP) is 3.60. The van der Waals surface area contributed by atoms with Crippen LogP contribution in [0, 0.1) is 5.41 Å². The number of hydrogen-bond acceptors (Lipinski definition) is 2. The summed E-state index contributed by atoms with van der Waals surface area (Å²) in [6.45, 7) is 3.80. The van der Waals surface area contributed by atoms with Gasteiger partial charge in [-0.05, 0) is 24.1 Å². The van der Waals surface area contributed by atoms with Crippen molar-refractivity contribution >= 4 is 11.6 Å². The van der Waals surface area contributed by atoms with Gasteiger partial charge in [-0.25, -0.2) is 0 Å². The maximum atomic E-state index is 12.4. The van der Waals surface area contributed by atoms with E-state index in [-0.39, 0.29) is 11.7 Å². The minimum atomic E-state index is -0.552. The Kier molecular flexibility index (Phi) is 4.08. The van der Waals surface area contributed by atoms with Gasteiger partial charge in [0.25, 0.3) is 0 Å². The Morgan fingerprint density at radius 3 is 2.30 bits per heavy atom. The van der Waals surface area contributed by atoms with Crippen LogP contribution in [0.25, 0.3) is 0 Å². The lowest BCUT2D eigenvalue weighted by molar-refractivity contribution is -0.123. The van der Waals surface area contributed by atoms with Crippen LogP contribution in [0.2, 0.25) is 0 Å². The van der Waals surface area contributed by atoms with Crippen LogP contribution in [-0.4, -0.2) is 11.0 Å². The van der Waals surface area contributed by atoms with Gasteiger partial charge in [-0.2, -0.15) is 0 Å². The van der Waals surface area contributed by atoms with Crippen LogP contribution in [-0.2, 0) is 11.2 Å². The molecule has 3 nitrogen and oxygen atoms in total. The van der Waals surface area contributed by atoms with Gasteiger partial charge in [-0.3, -0.25) is 4.79 Å². The largest absolute Gasteiger partial charge is 0.506 e.